The Labute approximate surface area is 112 Å². The minimum atomic E-state index is 0.545. The van der Waals surface area contributed by atoms with Crippen molar-refractivity contribution in [3.8, 4) is 0 Å². The molecule has 0 aliphatic heterocycles. The van der Waals surface area contributed by atoms with Gasteiger partial charge in [0.05, 0.1) is 0 Å². The molecule has 0 amide bonds. The van der Waals surface area contributed by atoms with E-state index in [4.69, 9.17) is 0 Å². The SMILES string of the molecule is CCC1CCC(C(NC)c2ccc(C)cc2)CC1. The minimum Gasteiger partial charge on any atom is -0.313 e. The first-order valence-electron chi connectivity index (χ1n) is 7.48. The molecule has 0 spiro atoms. The summed E-state index contributed by atoms with van der Waals surface area (Å²) in [6, 6.07) is 9.60. The van der Waals surface area contributed by atoms with E-state index in [0.29, 0.717) is 6.04 Å². The van der Waals surface area contributed by atoms with E-state index in [9.17, 15) is 0 Å². The van der Waals surface area contributed by atoms with E-state index in [0.717, 1.165) is 11.8 Å². The van der Waals surface area contributed by atoms with Crippen LogP contribution in [0.4, 0.5) is 0 Å². The molecule has 1 unspecified atom stereocenters. The predicted molar refractivity (Wildman–Crippen MR) is 78.7 cm³/mol. The fraction of sp³-hybridized carbons (Fsp3) is 0.647. The summed E-state index contributed by atoms with van der Waals surface area (Å²) in [5.74, 6) is 1.80. The Kier molecular flexibility index (Phi) is 4.82. The van der Waals surface area contributed by atoms with Gasteiger partial charge >= 0.3 is 0 Å². The van der Waals surface area contributed by atoms with Crippen LogP contribution in [0.5, 0.6) is 0 Å². The molecular formula is C17H27N. The van der Waals surface area contributed by atoms with Gasteiger partial charge in [0, 0.05) is 6.04 Å². The summed E-state index contributed by atoms with van der Waals surface area (Å²) in [6.07, 6.45) is 6.98. The number of hydrogen-bond donors (Lipinski definition) is 1. The van der Waals surface area contributed by atoms with Gasteiger partial charge < -0.3 is 5.32 Å². The summed E-state index contributed by atoms with van der Waals surface area (Å²) < 4.78 is 0. The largest absolute Gasteiger partial charge is 0.313 e. The average molecular weight is 245 g/mol. The van der Waals surface area contributed by atoms with Crippen LogP contribution in [0, 0.1) is 18.8 Å². The maximum Gasteiger partial charge on any atom is 0.0346 e. The molecule has 0 heterocycles. The Bertz CT molecular complexity index is 346. The summed E-state index contributed by atoms with van der Waals surface area (Å²) >= 11 is 0. The zero-order chi connectivity index (χ0) is 13.0. The molecule has 0 saturated heterocycles. The van der Waals surface area contributed by atoms with Crippen molar-refractivity contribution < 1.29 is 0 Å². The average Bonchev–Trinajstić information content (AvgIpc) is 2.42. The molecule has 1 atom stereocenters. The summed E-state index contributed by atoms with van der Waals surface area (Å²) in [4.78, 5) is 0. The van der Waals surface area contributed by atoms with Gasteiger partial charge in [0.15, 0.2) is 0 Å². The molecule has 1 nitrogen and oxygen atoms in total. The van der Waals surface area contributed by atoms with Crippen LogP contribution in [0.25, 0.3) is 0 Å². The van der Waals surface area contributed by atoms with Gasteiger partial charge in [-0.25, -0.2) is 0 Å². The first-order chi connectivity index (χ1) is 8.74. The second kappa shape index (κ2) is 6.38. The Morgan fingerprint density at radius 1 is 1.11 bits per heavy atom. The summed E-state index contributed by atoms with van der Waals surface area (Å²) in [5, 5.41) is 3.54. The molecule has 0 bridgehead atoms. The molecular weight excluding hydrogens is 218 g/mol. The summed E-state index contributed by atoms with van der Waals surface area (Å²) in [6.45, 7) is 4.49. The van der Waals surface area contributed by atoms with Gasteiger partial charge in [-0.1, -0.05) is 56.0 Å². The van der Waals surface area contributed by atoms with Crippen molar-refractivity contribution in [2.45, 2.75) is 52.0 Å². The quantitative estimate of drug-likeness (QED) is 0.825. The van der Waals surface area contributed by atoms with Crippen molar-refractivity contribution in [3.63, 3.8) is 0 Å². The highest BCUT2D eigenvalue weighted by Crippen LogP contribution is 2.37. The van der Waals surface area contributed by atoms with E-state index in [1.54, 1.807) is 0 Å². The zero-order valence-corrected chi connectivity index (χ0v) is 12.1. The van der Waals surface area contributed by atoms with E-state index in [2.05, 4.69) is 50.5 Å². The molecule has 0 aromatic heterocycles. The Morgan fingerprint density at radius 2 is 1.72 bits per heavy atom. The molecule has 1 aliphatic carbocycles. The molecule has 1 aromatic rings. The zero-order valence-electron chi connectivity index (χ0n) is 12.1. The fourth-order valence-electron chi connectivity index (χ4n) is 3.38. The molecule has 1 fully saturated rings. The van der Waals surface area contributed by atoms with Gasteiger partial charge in [-0.3, -0.25) is 0 Å². The minimum absolute atomic E-state index is 0.545. The van der Waals surface area contributed by atoms with Crippen LogP contribution in [0.2, 0.25) is 0 Å². The molecule has 1 N–H and O–H groups in total. The smallest absolute Gasteiger partial charge is 0.0346 e. The second-order valence-electron chi connectivity index (χ2n) is 5.87. The Balaban J connectivity index is 2.03. The highest BCUT2D eigenvalue weighted by Gasteiger charge is 2.26. The molecule has 1 saturated carbocycles. The van der Waals surface area contributed by atoms with E-state index in [1.165, 1.54) is 43.2 Å². The van der Waals surface area contributed by atoms with Crippen molar-refractivity contribution in [3.05, 3.63) is 35.4 Å². The Hall–Kier alpha value is -0.820. The van der Waals surface area contributed by atoms with Crippen molar-refractivity contribution in [1.29, 1.82) is 0 Å². The van der Waals surface area contributed by atoms with Gasteiger partial charge in [-0.05, 0) is 44.2 Å². The number of hydrogen-bond acceptors (Lipinski definition) is 1. The lowest BCUT2D eigenvalue weighted by Crippen LogP contribution is -2.28. The van der Waals surface area contributed by atoms with Gasteiger partial charge in [-0.15, -0.1) is 0 Å². The molecule has 1 aliphatic rings. The monoisotopic (exact) mass is 245 g/mol. The second-order valence-corrected chi connectivity index (χ2v) is 5.87. The van der Waals surface area contributed by atoms with Crippen LogP contribution < -0.4 is 5.32 Å². The normalized spacial score (nSPS) is 25.9. The molecule has 2 rings (SSSR count). The highest BCUT2D eigenvalue weighted by molar-refractivity contribution is 5.24. The number of rotatable bonds is 4. The standard InChI is InChI=1S/C17H27N/c1-4-14-7-11-16(12-8-14)17(18-3)15-9-5-13(2)6-10-15/h5-6,9-10,14,16-18H,4,7-8,11-12H2,1-3H3. The van der Waals surface area contributed by atoms with Crippen LogP contribution in [0.3, 0.4) is 0 Å². The molecule has 0 radical (unpaired) electrons. The van der Waals surface area contributed by atoms with Crippen LogP contribution >= 0.6 is 0 Å². The van der Waals surface area contributed by atoms with E-state index < -0.39 is 0 Å². The summed E-state index contributed by atoms with van der Waals surface area (Å²) in [7, 11) is 2.11. The van der Waals surface area contributed by atoms with Crippen molar-refractivity contribution in [2.24, 2.45) is 11.8 Å². The maximum absolute atomic E-state index is 3.54. The lowest BCUT2D eigenvalue weighted by atomic mass is 9.76. The van der Waals surface area contributed by atoms with Crippen molar-refractivity contribution in [2.75, 3.05) is 7.05 Å². The lowest BCUT2D eigenvalue weighted by molar-refractivity contribution is 0.224. The van der Waals surface area contributed by atoms with Gasteiger partial charge in [0.25, 0.3) is 0 Å². The first kappa shape index (κ1) is 13.6. The molecule has 100 valence electrons. The van der Waals surface area contributed by atoms with Crippen LogP contribution in [0.1, 0.15) is 56.2 Å². The van der Waals surface area contributed by atoms with E-state index in [1.807, 2.05) is 0 Å². The molecule has 18 heavy (non-hydrogen) atoms. The third kappa shape index (κ3) is 3.14. The van der Waals surface area contributed by atoms with Crippen LogP contribution in [0.15, 0.2) is 24.3 Å². The lowest BCUT2D eigenvalue weighted by Gasteiger charge is -2.33. The third-order valence-corrected chi connectivity index (χ3v) is 4.69. The van der Waals surface area contributed by atoms with Gasteiger partial charge in [-0.2, -0.15) is 0 Å². The number of nitrogens with one attached hydrogen (secondary N) is 1. The Morgan fingerprint density at radius 3 is 2.22 bits per heavy atom. The number of benzene rings is 1. The maximum atomic E-state index is 3.54. The van der Waals surface area contributed by atoms with Crippen LogP contribution in [-0.4, -0.2) is 7.05 Å². The highest BCUT2D eigenvalue weighted by atomic mass is 14.9. The predicted octanol–water partition coefficient (Wildman–Crippen LogP) is 4.47. The molecule has 1 aromatic carbocycles. The fourth-order valence-corrected chi connectivity index (χ4v) is 3.38. The first-order valence-corrected chi connectivity index (χ1v) is 7.48. The number of aryl methyl sites for hydroxylation is 1. The third-order valence-electron chi connectivity index (χ3n) is 4.69. The van der Waals surface area contributed by atoms with Gasteiger partial charge in [0.1, 0.15) is 0 Å². The van der Waals surface area contributed by atoms with E-state index >= 15 is 0 Å². The van der Waals surface area contributed by atoms with E-state index in [-0.39, 0.29) is 0 Å². The van der Waals surface area contributed by atoms with Gasteiger partial charge in [0.2, 0.25) is 0 Å². The van der Waals surface area contributed by atoms with Crippen molar-refractivity contribution >= 4 is 0 Å². The van der Waals surface area contributed by atoms with Crippen molar-refractivity contribution in [1.82, 2.24) is 5.32 Å². The topological polar surface area (TPSA) is 12.0 Å². The summed E-state index contributed by atoms with van der Waals surface area (Å²) in [5.41, 5.74) is 2.81. The molecule has 1 heteroatoms. The van der Waals surface area contributed by atoms with Crippen LogP contribution in [-0.2, 0) is 0 Å².